The zero-order valence-corrected chi connectivity index (χ0v) is 14.7. The van der Waals surface area contributed by atoms with E-state index in [1.54, 1.807) is 12.1 Å². The van der Waals surface area contributed by atoms with Crippen molar-refractivity contribution in [2.75, 3.05) is 23.7 Å². The van der Waals surface area contributed by atoms with Crippen molar-refractivity contribution < 1.29 is 8.42 Å². The fraction of sp³-hybridized carbons (Fsp3) is 0.375. The van der Waals surface area contributed by atoms with E-state index < -0.39 is 10.0 Å². The van der Waals surface area contributed by atoms with Crippen LogP contribution in [0.3, 0.4) is 0 Å². The number of sulfonamides is 1. The van der Waals surface area contributed by atoms with Crippen LogP contribution in [0, 0.1) is 5.92 Å². The first-order valence-corrected chi connectivity index (χ1v) is 9.31. The van der Waals surface area contributed by atoms with Crippen LogP contribution in [0.15, 0.2) is 41.6 Å². The minimum absolute atomic E-state index is 0.121. The third kappa shape index (κ3) is 5.78. The number of nitrogens with zero attached hydrogens (tertiary/aromatic N) is 2. The monoisotopic (exact) mass is 349 g/mol. The maximum atomic E-state index is 11.2. The lowest BCUT2D eigenvalue weighted by molar-refractivity contribution is 0.598. The Bertz CT molecular complexity index is 760. The first kappa shape index (κ1) is 18.2. The lowest BCUT2D eigenvalue weighted by Crippen LogP contribution is -2.12. The van der Waals surface area contributed by atoms with E-state index in [-0.39, 0.29) is 4.90 Å². The van der Waals surface area contributed by atoms with Gasteiger partial charge in [0, 0.05) is 19.2 Å². The minimum Gasteiger partial charge on any atom is -0.370 e. The number of hydrogen-bond acceptors (Lipinski definition) is 6. The summed E-state index contributed by atoms with van der Waals surface area (Å²) in [5.74, 6) is 2.08. The van der Waals surface area contributed by atoms with Gasteiger partial charge in [-0.05, 0) is 30.0 Å². The molecule has 0 aliphatic rings. The predicted octanol–water partition coefficient (Wildman–Crippen LogP) is 1.85. The first-order chi connectivity index (χ1) is 11.3. The van der Waals surface area contributed by atoms with Crippen molar-refractivity contribution in [1.82, 2.24) is 9.97 Å². The highest BCUT2D eigenvalue weighted by Gasteiger charge is 2.06. The van der Waals surface area contributed by atoms with Gasteiger partial charge in [-0.3, -0.25) is 0 Å². The minimum atomic E-state index is -3.64. The van der Waals surface area contributed by atoms with Crippen LogP contribution in [-0.2, 0) is 16.4 Å². The van der Waals surface area contributed by atoms with Crippen molar-refractivity contribution in [2.24, 2.45) is 11.1 Å². The highest BCUT2D eigenvalue weighted by Crippen LogP contribution is 2.11. The van der Waals surface area contributed by atoms with Gasteiger partial charge in [0.25, 0.3) is 0 Å². The molecule has 0 aliphatic carbocycles. The third-order valence-electron chi connectivity index (χ3n) is 3.33. The Balaban J connectivity index is 1.86. The zero-order valence-electron chi connectivity index (χ0n) is 13.9. The molecule has 1 heterocycles. The Labute approximate surface area is 142 Å². The highest BCUT2D eigenvalue weighted by atomic mass is 32.2. The average molecular weight is 349 g/mol. The summed E-state index contributed by atoms with van der Waals surface area (Å²) in [6.45, 7) is 5.80. The largest absolute Gasteiger partial charge is 0.370 e. The van der Waals surface area contributed by atoms with Crippen LogP contribution in [-0.4, -0.2) is 31.5 Å². The quantitative estimate of drug-likeness (QED) is 0.671. The van der Waals surface area contributed by atoms with Crippen LogP contribution in [0.2, 0.25) is 0 Å². The maximum Gasteiger partial charge on any atom is 0.238 e. The second-order valence-corrected chi connectivity index (χ2v) is 7.49. The molecule has 0 saturated heterocycles. The number of hydrogen-bond donors (Lipinski definition) is 3. The van der Waals surface area contributed by atoms with Gasteiger partial charge in [-0.25, -0.2) is 23.5 Å². The molecule has 0 saturated carbocycles. The molecule has 0 fully saturated rings. The van der Waals surface area contributed by atoms with Crippen molar-refractivity contribution in [1.29, 1.82) is 0 Å². The fourth-order valence-corrected chi connectivity index (χ4v) is 2.56. The average Bonchev–Trinajstić information content (AvgIpc) is 2.53. The second kappa shape index (κ2) is 8.07. The van der Waals surface area contributed by atoms with Gasteiger partial charge in [0.15, 0.2) is 0 Å². The Morgan fingerprint density at radius 3 is 2.29 bits per heavy atom. The Hall–Kier alpha value is -2.19. The summed E-state index contributed by atoms with van der Waals surface area (Å²) in [7, 11) is -3.64. The van der Waals surface area contributed by atoms with Gasteiger partial charge in [-0.1, -0.05) is 26.0 Å². The molecule has 8 heteroatoms. The number of anilines is 2. The summed E-state index contributed by atoms with van der Waals surface area (Å²) in [6.07, 6.45) is 2.26. The summed E-state index contributed by atoms with van der Waals surface area (Å²) in [6, 6.07) is 8.42. The molecule has 0 aliphatic heterocycles. The van der Waals surface area contributed by atoms with Crippen LogP contribution in [0.1, 0.15) is 19.4 Å². The molecule has 1 aromatic heterocycles. The molecule has 0 radical (unpaired) electrons. The zero-order chi connectivity index (χ0) is 17.6. The molecule has 7 nitrogen and oxygen atoms in total. The molecule has 4 N–H and O–H groups in total. The number of nitrogens with two attached hydrogens (primary N) is 1. The van der Waals surface area contributed by atoms with Crippen molar-refractivity contribution in [3.05, 3.63) is 42.2 Å². The lowest BCUT2D eigenvalue weighted by atomic mass is 10.1. The molecule has 130 valence electrons. The van der Waals surface area contributed by atoms with Crippen LogP contribution in [0.5, 0.6) is 0 Å². The normalized spacial score (nSPS) is 11.5. The molecule has 24 heavy (non-hydrogen) atoms. The maximum absolute atomic E-state index is 11.2. The van der Waals surface area contributed by atoms with E-state index in [0.29, 0.717) is 12.5 Å². The second-order valence-electron chi connectivity index (χ2n) is 5.93. The number of benzene rings is 1. The van der Waals surface area contributed by atoms with Gasteiger partial charge < -0.3 is 10.6 Å². The van der Waals surface area contributed by atoms with Gasteiger partial charge >= 0.3 is 0 Å². The summed E-state index contributed by atoms with van der Waals surface area (Å²) in [4.78, 5) is 8.49. The van der Waals surface area contributed by atoms with E-state index in [1.165, 1.54) is 18.5 Å². The van der Waals surface area contributed by atoms with Crippen molar-refractivity contribution in [3.8, 4) is 0 Å². The van der Waals surface area contributed by atoms with Gasteiger partial charge in [0.2, 0.25) is 10.0 Å². The van der Waals surface area contributed by atoms with Gasteiger partial charge in [-0.2, -0.15) is 0 Å². The van der Waals surface area contributed by atoms with Crippen molar-refractivity contribution in [3.63, 3.8) is 0 Å². The molecule has 0 spiro atoms. The number of nitrogens with one attached hydrogen (secondary N) is 2. The SMILES string of the molecule is CC(C)CNc1cc(NCCc2ccc(S(N)(=O)=O)cc2)ncn1. The van der Waals surface area contributed by atoms with E-state index in [0.717, 1.165) is 30.2 Å². The topological polar surface area (TPSA) is 110 Å². The Kier molecular flexibility index (Phi) is 6.10. The smallest absolute Gasteiger partial charge is 0.238 e. The summed E-state index contributed by atoms with van der Waals surface area (Å²) < 4.78 is 22.4. The van der Waals surface area contributed by atoms with Crippen LogP contribution in [0.4, 0.5) is 11.6 Å². The molecule has 0 amide bonds. The molecule has 1 aromatic carbocycles. The van der Waals surface area contributed by atoms with E-state index in [9.17, 15) is 8.42 Å². The van der Waals surface area contributed by atoms with Crippen molar-refractivity contribution >= 4 is 21.7 Å². The Morgan fingerprint density at radius 1 is 1.08 bits per heavy atom. The van der Waals surface area contributed by atoms with E-state index >= 15 is 0 Å². The van der Waals surface area contributed by atoms with Crippen LogP contribution < -0.4 is 15.8 Å². The molecule has 0 atom stereocenters. The highest BCUT2D eigenvalue weighted by molar-refractivity contribution is 7.89. The van der Waals surface area contributed by atoms with Gasteiger partial charge in [0.1, 0.15) is 18.0 Å². The van der Waals surface area contributed by atoms with Gasteiger partial charge in [-0.15, -0.1) is 0 Å². The molecular weight excluding hydrogens is 326 g/mol. The number of primary sulfonamides is 1. The molecule has 2 aromatic rings. The van der Waals surface area contributed by atoms with Crippen molar-refractivity contribution in [2.45, 2.75) is 25.2 Å². The molecular formula is C16H23N5O2S. The number of rotatable bonds is 8. The summed E-state index contributed by atoms with van der Waals surface area (Å²) in [5, 5.41) is 11.6. The van der Waals surface area contributed by atoms with E-state index in [4.69, 9.17) is 5.14 Å². The van der Waals surface area contributed by atoms with Gasteiger partial charge in [0.05, 0.1) is 4.90 Å². The molecule has 0 bridgehead atoms. The number of aromatic nitrogens is 2. The van der Waals surface area contributed by atoms with E-state index in [1.807, 2.05) is 6.07 Å². The third-order valence-corrected chi connectivity index (χ3v) is 4.26. The standard InChI is InChI=1S/C16H23N5O2S/c1-12(2)10-19-16-9-15(20-11-21-16)18-8-7-13-3-5-14(6-4-13)24(17,22)23/h3-6,9,11-12H,7-8,10H2,1-2H3,(H2,17,22,23)(H2,18,19,20,21). The summed E-state index contributed by atoms with van der Waals surface area (Å²) in [5.41, 5.74) is 1.02. The fourth-order valence-electron chi connectivity index (χ4n) is 2.04. The van der Waals surface area contributed by atoms with E-state index in [2.05, 4.69) is 34.4 Å². The molecule has 0 unspecified atom stereocenters. The first-order valence-electron chi connectivity index (χ1n) is 7.76. The molecule has 2 rings (SSSR count). The summed E-state index contributed by atoms with van der Waals surface area (Å²) >= 11 is 0. The lowest BCUT2D eigenvalue weighted by Gasteiger charge is -2.10. The van der Waals surface area contributed by atoms with Crippen LogP contribution in [0.25, 0.3) is 0 Å². The predicted molar refractivity (Wildman–Crippen MR) is 95.4 cm³/mol. The Morgan fingerprint density at radius 2 is 1.71 bits per heavy atom. The van der Waals surface area contributed by atoms with Crippen LogP contribution >= 0.6 is 0 Å².